The van der Waals surface area contributed by atoms with Crippen molar-refractivity contribution in [3.05, 3.63) is 88.0 Å². The first-order chi connectivity index (χ1) is 19.8. The highest BCUT2D eigenvalue weighted by Gasteiger charge is 2.41. The fraction of sp³-hybridized carbons (Fsp3) is 0.207. The van der Waals surface area contributed by atoms with Crippen LogP contribution in [0.15, 0.2) is 72.3 Å². The van der Waals surface area contributed by atoms with Crippen molar-refractivity contribution in [1.29, 1.82) is 0 Å². The first kappa shape index (κ1) is 27.7. The number of nitrogens with zero attached hydrogens (tertiary/aromatic N) is 4. The number of hydrogen-bond acceptors (Lipinski definition) is 9. The molecule has 3 aromatic rings. The normalized spacial score (nSPS) is 15.7. The number of methoxy groups -OCH3 is 2. The number of nitrogens with one attached hydrogen (secondary N) is 1. The van der Waals surface area contributed by atoms with E-state index in [0.29, 0.717) is 47.2 Å². The third-order valence-corrected chi connectivity index (χ3v) is 7.26. The van der Waals surface area contributed by atoms with Crippen molar-refractivity contribution >= 4 is 58.0 Å². The van der Waals surface area contributed by atoms with Crippen molar-refractivity contribution in [2.45, 2.75) is 0 Å². The highest BCUT2D eigenvalue weighted by Crippen LogP contribution is 2.34. The van der Waals surface area contributed by atoms with Crippen LogP contribution < -0.4 is 29.5 Å². The first-order valence-electron chi connectivity index (χ1n) is 12.8. The summed E-state index contributed by atoms with van der Waals surface area (Å²) in [6.07, 6.45) is 1.42. The maximum Gasteiger partial charge on any atom is 0.270 e. The van der Waals surface area contributed by atoms with Gasteiger partial charge >= 0.3 is 0 Å². The van der Waals surface area contributed by atoms with Crippen LogP contribution in [0.5, 0.6) is 11.5 Å². The van der Waals surface area contributed by atoms with E-state index in [1.165, 1.54) is 42.2 Å². The third kappa shape index (κ3) is 5.47. The number of carbonyl (C=O) groups is 2. The summed E-state index contributed by atoms with van der Waals surface area (Å²) in [5, 5.41) is 14.9. The van der Waals surface area contributed by atoms with Crippen LogP contribution in [-0.2, 0) is 9.59 Å². The molecule has 11 nitrogen and oxygen atoms in total. The topological polar surface area (TPSA) is 117 Å². The van der Waals surface area contributed by atoms with E-state index in [0.717, 1.165) is 13.1 Å². The van der Waals surface area contributed by atoms with Gasteiger partial charge < -0.3 is 19.7 Å². The Hall–Kier alpha value is -4.81. The highest BCUT2D eigenvalue weighted by atomic mass is 32.1. The maximum atomic E-state index is 14.0. The van der Waals surface area contributed by atoms with Gasteiger partial charge in [0.1, 0.15) is 17.1 Å². The summed E-state index contributed by atoms with van der Waals surface area (Å²) in [5.41, 5.74) is 1.58. The molecule has 0 spiro atoms. The molecule has 0 aliphatic carbocycles. The Bertz CT molecular complexity index is 1460. The van der Waals surface area contributed by atoms with Gasteiger partial charge in [0.2, 0.25) is 0 Å². The number of carbonyl (C=O) groups excluding carboxylic acids is 2. The number of nitro groups is 1. The number of thiocarbonyl (C=S) groups is 1. The molecule has 5 rings (SSSR count). The number of anilines is 3. The number of rotatable bonds is 7. The van der Waals surface area contributed by atoms with Gasteiger partial charge in [0.15, 0.2) is 5.11 Å². The Morgan fingerprint density at radius 2 is 1.37 bits per heavy atom. The van der Waals surface area contributed by atoms with E-state index in [-0.39, 0.29) is 16.4 Å². The molecule has 2 heterocycles. The van der Waals surface area contributed by atoms with Crippen molar-refractivity contribution < 1.29 is 24.0 Å². The van der Waals surface area contributed by atoms with Crippen LogP contribution in [0, 0.1) is 10.1 Å². The van der Waals surface area contributed by atoms with Gasteiger partial charge in [-0.25, -0.2) is 0 Å². The number of amides is 2. The second kappa shape index (κ2) is 11.7. The van der Waals surface area contributed by atoms with Crippen molar-refractivity contribution in [1.82, 2.24) is 5.32 Å². The number of nitro benzene ring substituents is 1. The van der Waals surface area contributed by atoms with E-state index in [2.05, 4.69) is 10.2 Å². The molecule has 2 aliphatic heterocycles. The Morgan fingerprint density at radius 1 is 0.854 bits per heavy atom. The molecular formula is C29H27N5O6S. The average molecular weight is 574 g/mol. The molecule has 0 saturated carbocycles. The molecule has 2 saturated heterocycles. The molecule has 2 fully saturated rings. The summed E-state index contributed by atoms with van der Waals surface area (Å²) in [5.74, 6) is -0.124. The second-order valence-electron chi connectivity index (χ2n) is 9.26. The summed E-state index contributed by atoms with van der Waals surface area (Å²) in [4.78, 5) is 43.8. The molecule has 41 heavy (non-hydrogen) atoms. The molecule has 0 unspecified atom stereocenters. The van der Waals surface area contributed by atoms with E-state index in [1.54, 1.807) is 54.6 Å². The predicted octanol–water partition coefficient (Wildman–Crippen LogP) is 3.77. The predicted molar refractivity (Wildman–Crippen MR) is 160 cm³/mol. The third-order valence-electron chi connectivity index (χ3n) is 6.89. The van der Waals surface area contributed by atoms with Gasteiger partial charge in [-0.1, -0.05) is 0 Å². The molecule has 2 aliphatic rings. The lowest BCUT2D eigenvalue weighted by Gasteiger charge is -2.37. The maximum absolute atomic E-state index is 14.0. The Labute approximate surface area is 241 Å². The highest BCUT2D eigenvalue weighted by molar-refractivity contribution is 7.81. The average Bonchev–Trinajstić information content (AvgIpc) is 3.00. The molecule has 210 valence electrons. The van der Waals surface area contributed by atoms with E-state index >= 15 is 0 Å². The van der Waals surface area contributed by atoms with Crippen LogP contribution in [0.1, 0.15) is 5.56 Å². The van der Waals surface area contributed by atoms with Crippen molar-refractivity contribution in [3.63, 3.8) is 0 Å². The lowest BCUT2D eigenvalue weighted by molar-refractivity contribution is -0.384. The number of benzene rings is 3. The zero-order valence-electron chi connectivity index (χ0n) is 22.4. The minimum absolute atomic E-state index is 0.0335. The summed E-state index contributed by atoms with van der Waals surface area (Å²) < 4.78 is 10.5. The Morgan fingerprint density at radius 3 is 1.83 bits per heavy atom. The molecular weight excluding hydrogens is 546 g/mol. The lowest BCUT2D eigenvalue weighted by atomic mass is 10.0. The van der Waals surface area contributed by atoms with Gasteiger partial charge in [-0.3, -0.25) is 29.5 Å². The van der Waals surface area contributed by atoms with Crippen LogP contribution in [-0.4, -0.2) is 62.2 Å². The van der Waals surface area contributed by atoms with Crippen molar-refractivity contribution in [3.8, 4) is 11.5 Å². The smallest absolute Gasteiger partial charge is 0.270 e. The molecule has 3 aromatic carbocycles. The molecule has 12 heteroatoms. The van der Waals surface area contributed by atoms with Crippen LogP contribution in [0.3, 0.4) is 0 Å². The second-order valence-corrected chi connectivity index (χ2v) is 9.62. The zero-order valence-corrected chi connectivity index (χ0v) is 23.2. The van der Waals surface area contributed by atoms with Gasteiger partial charge in [-0.15, -0.1) is 0 Å². The molecule has 1 N–H and O–H groups in total. The van der Waals surface area contributed by atoms with Gasteiger partial charge in [0.25, 0.3) is 17.5 Å². The standard InChI is InChI=1S/C29H27N5O6S/c1-39-23-8-3-20(4-9-23)32-27(35)25(28(36)33(29(32)41)21-5-10-24(40-2)11-6-21)18-19-17-22(34(37)38)7-12-26(19)31-15-13-30-14-16-31/h3-12,17-18,30H,13-16H2,1-2H3. The molecule has 0 atom stereocenters. The first-order valence-corrected chi connectivity index (χ1v) is 13.2. The quantitative estimate of drug-likeness (QED) is 0.148. The van der Waals surface area contributed by atoms with Gasteiger partial charge in [-0.05, 0) is 72.9 Å². The van der Waals surface area contributed by atoms with Gasteiger partial charge in [0.05, 0.1) is 30.5 Å². The SMILES string of the molecule is COc1ccc(N2C(=O)C(=Cc3cc([N+](=O)[O-])ccc3N3CCNCC3)C(=O)N(c3ccc(OC)cc3)C2=S)cc1. The summed E-state index contributed by atoms with van der Waals surface area (Å²) in [6.45, 7) is 2.79. The lowest BCUT2D eigenvalue weighted by Crippen LogP contribution is -2.57. The van der Waals surface area contributed by atoms with Crippen LogP contribution in [0.4, 0.5) is 22.7 Å². The molecule has 0 bridgehead atoms. The van der Waals surface area contributed by atoms with Crippen LogP contribution in [0.2, 0.25) is 0 Å². The number of piperazine rings is 1. The van der Waals surface area contributed by atoms with Crippen molar-refractivity contribution in [2.24, 2.45) is 0 Å². The van der Waals surface area contributed by atoms with Crippen LogP contribution in [0.25, 0.3) is 6.08 Å². The zero-order chi connectivity index (χ0) is 29.1. The van der Waals surface area contributed by atoms with Gasteiger partial charge in [-0.2, -0.15) is 0 Å². The molecule has 2 amide bonds. The van der Waals surface area contributed by atoms with E-state index in [4.69, 9.17) is 21.7 Å². The van der Waals surface area contributed by atoms with E-state index in [9.17, 15) is 19.7 Å². The Kier molecular flexibility index (Phi) is 7.95. The van der Waals surface area contributed by atoms with E-state index < -0.39 is 16.7 Å². The molecule has 0 aromatic heterocycles. The van der Waals surface area contributed by atoms with Crippen LogP contribution >= 0.6 is 12.2 Å². The fourth-order valence-electron chi connectivity index (χ4n) is 4.77. The number of hydrogen-bond donors (Lipinski definition) is 1. The van der Waals surface area contributed by atoms with Crippen molar-refractivity contribution in [2.75, 3.05) is 55.1 Å². The number of ether oxygens (including phenoxy) is 2. The van der Waals surface area contributed by atoms with E-state index in [1.807, 2.05) is 0 Å². The minimum atomic E-state index is -0.646. The monoisotopic (exact) mass is 573 g/mol. The number of non-ortho nitro benzene ring substituents is 1. The molecule has 0 radical (unpaired) electrons. The summed E-state index contributed by atoms with van der Waals surface area (Å²) in [7, 11) is 3.07. The Balaban J connectivity index is 1.67. The summed E-state index contributed by atoms with van der Waals surface area (Å²) >= 11 is 5.71. The fourth-order valence-corrected chi connectivity index (χ4v) is 5.14. The summed E-state index contributed by atoms with van der Waals surface area (Å²) in [6, 6.07) is 17.9. The minimum Gasteiger partial charge on any atom is -0.497 e. The van der Waals surface area contributed by atoms with Gasteiger partial charge in [0, 0.05) is 49.6 Å². The largest absolute Gasteiger partial charge is 0.497 e.